The number of nitrogens with zero attached hydrogens (tertiary/aromatic N) is 1. The molecule has 0 atom stereocenters. The summed E-state index contributed by atoms with van der Waals surface area (Å²) in [5.41, 5.74) is 3.64. The molecule has 0 spiro atoms. The van der Waals surface area contributed by atoms with Gasteiger partial charge in [0.1, 0.15) is 0 Å². The van der Waals surface area contributed by atoms with Crippen molar-refractivity contribution in [3.05, 3.63) is 47.8 Å². The first kappa shape index (κ1) is 12.8. The largest absolute Gasteiger partial charge is 0.372 e. The van der Waals surface area contributed by atoms with Gasteiger partial charge in [-0.3, -0.25) is 4.79 Å². The predicted octanol–water partition coefficient (Wildman–Crippen LogP) is 3.18. The number of benzene rings is 1. The van der Waals surface area contributed by atoms with E-state index in [1.54, 1.807) is 12.3 Å². The highest BCUT2D eigenvalue weighted by Gasteiger charge is 2.13. The summed E-state index contributed by atoms with van der Waals surface area (Å²) in [5.74, 6) is -0.0716. The van der Waals surface area contributed by atoms with Gasteiger partial charge in [0.15, 0.2) is 0 Å². The van der Waals surface area contributed by atoms with E-state index in [2.05, 4.69) is 27.3 Å². The number of carbonyl (C=O) groups excluding carboxylic acids is 1. The van der Waals surface area contributed by atoms with E-state index < -0.39 is 0 Å². The maximum atomic E-state index is 12.1. The first-order valence-electron chi connectivity index (χ1n) is 7.04. The first-order chi connectivity index (χ1) is 9.74. The molecule has 1 fully saturated rings. The Balaban J connectivity index is 1.69. The molecule has 0 saturated carbocycles. The predicted molar refractivity (Wildman–Crippen MR) is 81.4 cm³/mol. The summed E-state index contributed by atoms with van der Waals surface area (Å²) in [7, 11) is 0. The summed E-state index contributed by atoms with van der Waals surface area (Å²) in [6.45, 7) is 4.16. The highest BCUT2D eigenvalue weighted by molar-refractivity contribution is 6.05. The van der Waals surface area contributed by atoms with E-state index in [0.29, 0.717) is 5.56 Å². The van der Waals surface area contributed by atoms with Gasteiger partial charge in [0, 0.05) is 36.4 Å². The van der Waals surface area contributed by atoms with Crippen molar-refractivity contribution in [2.24, 2.45) is 0 Å². The Labute approximate surface area is 118 Å². The molecule has 4 heteroatoms. The van der Waals surface area contributed by atoms with E-state index in [-0.39, 0.29) is 5.91 Å². The topological polar surface area (TPSA) is 48.1 Å². The van der Waals surface area contributed by atoms with Crippen molar-refractivity contribution in [3.63, 3.8) is 0 Å². The SMILES string of the molecule is Cc1[nH]ccc1C(=O)Nc1ccc(N2CCCC2)cc1. The number of carbonyl (C=O) groups is 1. The normalized spacial score (nSPS) is 14.6. The average molecular weight is 269 g/mol. The zero-order chi connectivity index (χ0) is 13.9. The maximum absolute atomic E-state index is 12.1. The monoisotopic (exact) mass is 269 g/mol. The first-order valence-corrected chi connectivity index (χ1v) is 7.04. The number of H-pyrrole nitrogens is 1. The Morgan fingerprint density at radius 3 is 2.45 bits per heavy atom. The molecule has 1 aliphatic rings. The number of amides is 1. The van der Waals surface area contributed by atoms with Crippen LogP contribution in [0.5, 0.6) is 0 Å². The van der Waals surface area contributed by atoms with Crippen LogP contribution in [0, 0.1) is 6.92 Å². The summed E-state index contributed by atoms with van der Waals surface area (Å²) in [6, 6.07) is 9.88. The lowest BCUT2D eigenvalue weighted by Crippen LogP contribution is -2.17. The molecular weight excluding hydrogens is 250 g/mol. The van der Waals surface area contributed by atoms with Crippen LogP contribution in [0.4, 0.5) is 11.4 Å². The van der Waals surface area contributed by atoms with Crippen molar-refractivity contribution in [2.45, 2.75) is 19.8 Å². The molecule has 0 unspecified atom stereocenters. The molecule has 1 aromatic heterocycles. The molecule has 3 rings (SSSR count). The zero-order valence-electron chi connectivity index (χ0n) is 11.6. The number of aromatic amines is 1. The van der Waals surface area contributed by atoms with Crippen molar-refractivity contribution in [2.75, 3.05) is 23.3 Å². The van der Waals surface area contributed by atoms with Gasteiger partial charge in [-0.2, -0.15) is 0 Å². The van der Waals surface area contributed by atoms with Crippen LogP contribution in [-0.2, 0) is 0 Å². The quantitative estimate of drug-likeness (QED) is 0.899. The lowest BCUT2D eigenvalue weighted by molar-refractivity contribution is 0.102. The Kier molecular flexibility index (Phi) is 3.46. The van der Waals surface area contributed by atoms with Crippen molar-refractivity contribution in [1.82, 2.24) is 4.98 Å². The van der Waals surface area contributed by atoms with Gasteiger partial charge in [0.25, 0.3) is 5.91 Å². The van der Waals surface area contributed by atoms with E-state index in [1.807, 2.05) is 19.1 Å². The Morgan fingerprint density at radius 2 is 1.85 bits per heavy atom. The minimum Gasteiger partial charge on any atom is -0.372 e. The lowest BCUT2D eigenvalue weighted by Gasteiger charge is -2.17. The third kappa shape index (κ3) is 2.54. The molecule has 2 heterocycles. The number of nitrogens with one attached hydrogen (secondary N) is 2. The molecule has 20 heavy (non-hydrogen) atoms. The molecule has 1 saturated heterocycles. The Morgan fingerprint density at radius 1 is 1.15 bits per heavy atom. The van der Waals surface area contributed by atoms with Crippen molar-refractivity contribution in [1.29, 1.82) is 0 Å². The number of aromatic nitrogens is 1. The van der Waals surface area contributed by atoms with Crippen LogP contribution < -0.4 is 10.2 Å². The second-order valence-electron chi connectivity index (χ2n) is 5.21. The highest BCUT2D eigenvalue weighted by atomic mass is 16.1. The van der Waals surface area contributed by atoms with Crippen LogP contribution >= 0.6 is 0 Å². The van der Waals surface area contributed by atoms with E-state index in [4.69, 9.17) is 0 Å². The third-order valence-corrected chi connectivity index (χ3v) is 3.79. The molecule has 0 aliphatic carbocycles. The van der Waals surface area contributed by atoms with Crippen LogP contribution in [-0.4, -0.2) is 24.0 Å². The fraction of sp³-hybridized carbons (Fsp3) is 0.312. The standard InChI is InChI=1S/C16H19N3O/c1-12-15(8-9-17-12)16(20)18-13-4-6-14(7-5-13)19-10-2-3-11-19/h4-9,17H,2-3,10-11H2,1H3,(H,18,20). The summed E-state index contributed by atoms with van der Waals surface area (Å²) in [4.78, 5) is 17.5. The molecule has 0 bridgehead atoms. The summed E-state index contributed by atoms with van der Waals surface area (Å²) in [5, 5.41) is 2.93. The molecule has 2 aromatic rings. The highest BCUT2D eigenvalue weighted by Crippen LogP contribution is 2.22. The third-order valence-electron chi connectivity index (χ3n) is 3.79. The zero-order valence-corrected chi connectivity index (χ0v) is 11.6. The minimum atomic E-state index is -0.0716. The van der Waals surface area contributed by atoms with Crippen molar-refractivity contribution < 1.29 is 4.79 Å². The molecule has 104 valence electrons. The summed E-state index contributed by atoms with van der Waals surface area (Å²) >= 11 is 0. The number of hydrogen-bond donors (Lipinski definition) is 2. The van der Waals surface area contributed by atoms with E-state index in [1.165, 1.54) is 18.5 Å². The van der Waals surface area contributed by atoms with E-state index >= 15 is 0 Å². The average Bonchev–Trinajstić information content (AvgIpc) is 3.10. The van der Waals surface area contributed by atoms with Gasteiger partial charge in [0.05, 0.1) is 5.56 Å². The van der Waals surface area contributed by atoms with Gasteiger partial charge in [-0.1, -0.05) is 0 Å². The number of aryl methyl sites for hydroxylation is 1. The van der Waals surface area contributed by atoms with Crippen molar-refractivity contribution in [3.8, 4) is 0 Å². The van der Waals surface area contributed by atoms with Gasteiger partial charge in [-0.05, 0) is 50.1 Å². The minimum absolute atomic E-state index is 0.0716. The molecule has 1 amide bonds. The van der Waals surface area contributed by atoms with Gasteiger partial charge in [-0.15, -0.1) is 0 Å². The van der Waals surface area contributed by atoms with Crippen LogP contribution in [0.2, 0.25) is 0 Å². The molecule has 1 aliphatic heterocycles. The van der Waals surface area contributed by atoms with Crippen LogP contribution in [0.25, 0.3) is 0 Å². The lowest BCUT2D eigenvalue weighted by atomic mass is 10.2. The van der Waals surface area contributed by atoms with Crippen LogP contribution in [0.3, 0.4) is 0 Å². The molecule has 1 aromatic carbocycles. The molecule has 4 nitrogen and oxygen atoms in total. The summed E-state index contributed by atoms with van der Waals surface area (Å²) < 4.78 is 0. The van der Waals surface area contributed by atoms with Gasteiger partial charge >= 0.3 is 0 Å². The van der Waals surface area contributed by atoms with Crippen molar-refractivity contribution >= 4 is 17.3 Å². The Bertz CT molecular complexity index is 594. The van der Waals surface area contributed by atoms with Gasteiger partial charge < -0.3 is 15.2 Å². The second-order valence-corrected chi connectivity index (χ2v) is 5.21. The fourth-order valence-corrected chi connectivity index (χ4v) is 2.63. The van der Waals surface area contributed by atoms with Crippen LogP contribution in [0.15, 0.2) is 36.5 Å². The number of rotatable bonds is 3. The van der Waals surface area contributed by atoms with Gasteiger partial charge in [-0.25, -0.2) is 0 Å². The molecule has 2 N–H and O–H groups in total. The van der Waals surface area contributed by atoms with E-state index in [9.17, 15) is 4.79 Å². The maximum Gasteiger partial charge on any atom is 0.257 e. The number of hydrogen-bond acceptors (Lipinski definition) is 2. The van der Waals surface area contributed by atoms with Crippen LogP contribution in [0.1, 0.15) is 28.9 Å². The number of anilines is 2. The van der Waals surface area contributed by atoms with E-state index in [0.717, 1.165) is 24.5 Å². The van der Waals surface area contributed by atoms with Gasteiger partial charge in [0.2, 0.25) is 0 Å². The summed E-state index contributed by atoms with van der Waals surface area (Å²) in [6.07, 6.45) is 4.32. The molecular formula is C16H19N3O. The Hall–Kier alpha value is -2.23. The fourth-order valence-electron chi connectivity index (χ4n) is 2.63. The molecule has 0 radical (unpaired) electrons. The smallest absolute Gasteiger partial charge is 0.257 e. The second kappa shape index (κ2) is 5.41.